The molecular weight excluding hydrogens is 434 g/mol. The third-order valence-corrected chi connectivity index (χ3v) is 6.12. The second-order valence-corrected chi connectivity index (χ2v) is 8.48. The van der Waals surface area contributed by atoms with Crippen LogP contribution in [0, 0.1) is 0 Å². The van der Waals surface area contributed by atoms with Gasteiger partial charge in [-0.3, -0.25) is 9.69 Å². The van der Waals surface area contributed by atoms with Crippen LogP contribution in [0.3, 0.4) is 0 Å². The lowest BCUT2D eigenvalue weighted by Crippen LogP contribution is -2.41. The number of ether oxygens (including phenoxy) is 2. The first-order chi connectivity index (χ1) is 15.2. The van der Waals surface area contributed by atoms with Crippen LogP contribution in [0.5, 0.6) is 5.75 Å². The highest BCUT2D eigenvalue weighted by Crippen LogP contribution is 2.26. The minimum absolute atomic E-state index is 0.140. The van der Waals surface area contributed by atoms with Gasteiger partial charge in [-0.2, -0.15) is 0 Å². The topological polar surface area (TPSA) is 63.7 Å². The van der Waals surface area contributed by atoms with Crippen LogP contribution in [0.2, 0.25) is 5.02 Å². The van der Waals surface area contributed by atoms with E-state index in [2.05, 4.69) is 15.2 Å². The molecule has 0 unspecified atom stereocenters. The molecule has 1 amide bonds. The molecule has 1 aromatic heterocycles. The Bertz CT molecular complexity index is 986. The summed E-state index contributed by atoms with van der Waals surface area (Å²) in [7, 11) is 0. The molecule has 1 saturated heterocycles. The van der Waals surface area contributed by atoms with E-state index in [1.165, 1.54) is 11.3 Å². The number of rotatable bonds is 8. The summed E-state index contributed by atoms with van der Waals surface area (Å²) >= 11 is 7.36. The molecule has 0 aliphatic carbocycles. The maximum Gasteiger partial charge on any atom is 0.270 e. The van der Waals surface area contributed by atoms with Crippen molar-refractivity contribution >= 4 is 28.8 Å². The number of carbonyl (C=O) groups excluding carboxylic acids is 1. The number of nitrogens with one attached hydrogen (secondary N) is 1. The fraction of sp³-hybridized carbons (Fsp3) is 0.304. The molecule has 0 radical (unpaired) electrons. The van der Waals surface area contributed by atoms with Gasteiger partial charge < -0.3 is 14.8 Å². The molecule has 1 fully saturated rings. The summed E-state index contributed by atoms with van der Waals surface area (Å²) in [5.41, 5.74) is 2.46. The van der Waals surface area contributed by atoms with Crippen LogP contribution in [0.15, 0.2) is 53.9 Å². The van der Waals surface area contributed by atoms with Crippen LogP contribution in [0.1, 0.15) is 16.1 Å². The van der Waals surface area contributed by atoms with Crippen LogP contribution in [-0.2, 0) is 11.3 Å². The number of nitrogens with zero attached hydrogens (tertiary/aromatic N) is 2. The lowest BCUT2D eigenvalue weighted by atomic mass is 10.2. The first-order valence-electron chi connectivity index (χ1n) is 10.2. The molecule has 31 heavy (non-hydrogen) atoms. The molecule has 6 nitrogen and oxygen atoms in total. The Morgan fingerprint density at radius 3 is 2.61 bits per heavy atom. The summed E-state index contributed by atoms with van der Waals surface area (Å²) in [6.07, 6.45) is 0. The zero-order chi connectivity index (χ0) is 21.5. The minimum Gasteiger partial charge on any atom is -0.489 e. The van der Waals surface area contributed by atoms with Gasteiger partial charge in [0.05, 0.1) is 13.2 Å². The summed E-state index contributed by atoms with van der Waals surface area (Å²) in [6.45, 7) is 5.24. The van der Waals surface area contributed by atoms with Crippen LogP contribution < -0.4 is 10.1 Å². The van der Waals surface area contributed by atoms with Crippen molar-refractivity contribution < 1.29 is 14.3 Å². The van der Waals surface area contributed by atoms with Crippen molar-refractivity contribution in [3.05, 3.63) is 70.2 Å². The Morgan fingerprint density at radius 1 is 1.13 bits per heavy atom. The van der Waals surface area contributed by atoms with Crippen LogP contribution in [0.4, 0.5) is 0 Å². The second kappa shape index (κ2) is 10.7. The molecule has 1 aliphatic rings. The molecule has 2 heterocycles. The number of carbonyl (C=O) groups is 1. The lowest BCUT2D eigenvalue weighted by molar-refractivity contribution is 0.0383. The molecule has 1 N–H and O–H groups in total. The quantitative estimate of drug-likeness (QED) is 0.551. The van der Waals surface area contributed by atoms with Crippen molar-refractivity contribution in [3.8, 4) is 16.3 Å². The molecule has 1 aliphatic heterocycles. The largest absolute Gasteiger partial charge is 0.489 e. The normalized spacial score (nSPS) is 14.4. The fourth-order valence-electron chi connectivity index (χ4n) is 3.19. The predicted molar refractivity (Wildman–Crippen MR) is 123 cm³/mol. The van der Waals surface area contributed by atoms with Gasteiger partial charge in [-0.05, 0) is 42.0 Å². The van der Waals surface area contributed by atoms with E-state index in [4.69, 9.17) is 21.1 Å². The van der Waals surface area contributed by atoms with E-state index in [-0.39, 0.29) is 5.91 Å². The van der Waals surface area contributed by atoms with Crippen molar-refractivity contribution in [2.45, 2.75) is 6.61 Å². The molecule has 0 atom stereocenters. The zero-order valence-electron chi connectivity index (χ0n) is 17.1. The van der Waals surface area contributed by atoms with Gasteiger partial charge in [-0.15, -0.1) is 11.3 Å². The van der Waals surface area contributed by atoms with Crippen LogP contribution in [0.25, 0.3) is 10.6 Å². The first-order valence-corrected chi connectivity index (χ1v) is 11.4. The van der Waals surface area contributed by atoms with Crippen molar-refractivity contribution in [1.29, 1.82) is 0 Å². The monoisotopic (exact) mass is 457 g/mol. The molecule has 0 saturated carbocycles. The smallest absolute Gasteiger partial charge is 0.270 e. The molecule has 3 aromatic rings. The van der Waals surface area contributed by atoms with Gasteiger partial charge in [-0.25, -0.2) is 4.98 Å². The molecule has 162 valence electrons. The third-order valence-electron chi connectivity index (χ3n) is 4.97. The molecular formula is C23H24ClN3O3S. The van der Waals surface area contributed by atoms with Crippen LogP contribution >= 0.6 is 22.9 Å². The summed E-state index contributed by atoms with van der Waals surface area (Å²) < 4.78 is 11.2. The highest BCUT2D eigenvalue weighted by Gasteiger charge is 2.14. The predicted octanol–water partition coefficient (Wildman–Crippen LogP) is 4.10. The number of benzene rings is 2. The van der Waals surface area contributed by atoms with Crippen molar-refractivity contribution in [3.63, 3.8) is 0 Å². The average molecular weight is 458 g/mol. The van der Waals surface area contributed by atoms with Crippen molar-refractivity contribution in [2.24, 2.45) is 0 Å². The Kier molecular flexibility index (Phi) is 7.53. The van der Waals surface area contributed by atoms with Gasteiger partial charge in [0.25, 0.3) is 5.91 Å². The zero-order valence-corrected chi connectivity index (χ0v) is 18.6. The maximum atomic E-state index is 12.4. The van der Waals surface area contributed by atoms with E-state index in [1.807, 2.05) is 48.5 Å². The van der Waals surface area contributed by atoms with E-state index in [9.17, 15) is 4.79 Å². The Balaban J connectivity index is 1.27. The van der Waals surface area contributed by atoms with E-state index in [0.717, 1.165) is 54.7 Å². The molecule has 0 spiro atoms. The van der Waals surface area contributed by atoms with E-state index < -0.39 is 0 Å². The summed E-state index contributed by atoms with van der Waals surface area (Å²) in [6, 6.07) is 15.3. The van der Waals surface area contributed by atoms with E-state index in [0.29, 0.717) is 23.9 Å². The van der Waals surface area contributed by atoms with Gasteiger partial charge in [0.2, 0.25) is 0 Å². The number of hydrogen-bond acceptors (Lipinski definition) is 6. The molecule has 4 rings (SSSR count). The van der Waals surface area contributed by atoms with Crippen molar-refractivity contribution in [1.82, 2.24) is 15.2 Å². The number of thiazole rings is 1. The molecule has 2 aromatic carbocycles. The number of halogens is 1. The standard InChI is InChI=1S/C23H24ClN3O3S/c24-19-5-1-17(2-6-19)15-30-20-7-3-18(4-8-20)23-26-21(16-31-23)22(28)25-9-10-27-11-13-29-14-12-27/h1-8,16H,9-15H2,(H,25,28). The lowest BCUT2D eigenvalue weighted by Gasteiger charge is -2.26. The van der Waals surface area contributed by atoms with Gasteiger partial charge in [0.15, 0.2) is 0 Å². The third kappa shape index (κ3) is 6.27. The van der Waals surface area contributed by atoms with Crippen molar-refractivity contribution in [2.75, 3.05) is 39.4 Å². The van der Waals surface area contributed by atoms with Gasteiger partial charge in [0, 0.05) is 42.1 Å². The number of amides is 1. The number of aromatic nitrogens is 1. The van der Waals surface area contributed by atoms with Gasteiger partial charge >= 0.3 is 0 Å². The Labute approximate surface area is 190 Å². The number of hydrogen-bond donors (Lipinski definition) is 1. The Morgan fingerprint density at radius 2 is 1.87 bits per heavy atom. The SMILES string of the molecule is O=C(NCCN1CCOCC1)c1csc(-c2ccc(OCc3ccc(Cl)cc3)cc2)n1. The first kappa shape index (κ1) is 21.8. The fourth-order valence-corrected chi connectivity index (χ4v) is 4.13. The highest BCUT2D eigenvalue weighted by molar-refractivity contribution is 7.13. The summed E-state index contributed by atoms with van der Waals surface area (Å²) in [5, 5.41) is 6.26. The number of morpholine rings is 1. The van der Waals surface area contributed by atoms with E-state index in [1.54, 1.807) is 5.38 Å². The second-order valence-electron chi connectivity index (χ2n) is 7.19. The molecule has 8 heteroatoms. The van der Waals surface area contributed by atoms with Gasteiger partial charge in [-0.1, -0.05) is 23.7 Å². The summed E-state index contributed by atoms with van der Waals surface area (Å²) in [4.78, 5) is 19.2. The van der Waals surface area contributed by atoms with Gasteiger partial charge in [0.1, 0.15) is 23.1 Å². The van der Waals surface area contributed by atoms with Crippen LogP contribution in [-0.4, -0.2) is 55.2 Å². The maximum absolute atomic E-state index is 12.4. The Hall–Kier alpha value is -2.45. The molecule has 0 bridgehead atoms. The minimum atomic E-state index is -0.140. The highest BCUT2D eigenvalue weighted by atomic mass is 35.5. The summed E-state index contributed by atoms with van der Waals surface area (Å²) in [5.74, 6) is 0.634. The average Bonchev–Trinajstić information content (AvgIpc) is 3.30. The van der Waals surface area contributed by atoms with E-state index >= 15 is 0 Å².